The number of hydrogen-bond donors (Lipinski definition) is 2. The average molecular weight is 365 g/mol. The number of phenolic OH excluding ortho intramolecular Hbond substituents is 1. The summed E-state index contributed by atoms with van der Waals surface area (Å²) >= 11 is 0. The number of benzene rings is 2. The Morgan fingerprint density at radius 3 is 2.35 bits per heavy atom. The van der Waals surface area contributed by atoms with Gasteiger partial charge in [0.1, 0.15) is 12.2 Å². The van der Waals surface area contributed by atoms with Crippen LogP contribution in [0.4, 0.5) is 13.6 Å². The van der Waals surface area contributed by atoms with Crippen molar-refractivity contribution in [1.82, 2.24) is 5.32 Å². The number of halogens is 2. The number of alkyl carbamates (subject to hydrolysis) is 1. The third kappa shape index (κ3) is 5.61. The number of ether oxygens (including phenoxy) is 2. The number of hydrogen-bond acceptors (Lipinski definition) is 4. The van der Waals surface area contributed by atoms with Crippen molar-refractivity contribution in [3.05, 3.63) is 48.0 Å². The fourth-order valence-corrected chi connectivity index (χ4v) is 2.12. The zero-order valence-corrected chi connectivity index (χ0v) is 14.8. The third-order valence-electron chi connectivity index (χ3n) is 3.24. The first-order valence-corrected chi connectivity index (χ1v) is 8.04. The molecule has 0 unspecified atom stereocenters. The molecule has 0 saturated carbocycles. The third-order valence-corrected chi connectivity index (χ3v) is 3.24. The Labute approximate surface area is 150 Å². The molecule has 0 atom stereocenters. The Hall–Kier alpha value is -2.83. The lowest BCUT2D eigenvalue weighted by Gasteiger charge is -2.19. The largest absolute Gasteiger partial charge is 0.504 e. The summed E-state index contributed by atoms with van der Waals surface area (Å²) in [4.78, 5) is 11.5. The molecule has 0 radical (unpaired) electrons. The number of nitrogens with one attached hydrogen (secondary N) is 1. The van der Waals surface area contributed by atoms with E-state index in [2.05, 4.69) is 5.32 Å². The first-order chi connectivity index (χ1) is 12.2. The zero-order chi connectivity index (χ0) is 19.3. The maximum atomic E-state index is 13.3. The molecule has 0 heterocycles. The number of carbonyl (C=O) groups is 1. The molecule has 0 aliphatic rings. The quantitative estimate of drug-likeness (QED) is 0.778. The van der Waals surface area contributed by atoms with Gasteiger partial charge in [-0.25, -0.2) is 13.6 Å². The van der Waals surface area contributed by atoms with Crippen LogP contribution in [0.1, 0.15) is 20.8 Å². The predicted octanol–water partition coefficient (Wildman–Crippen LogP) is 4.24. The van der Waals surface area contributed by atoms with E-state index >= 15 is 0 Å². The molecule has 2 aromatic carbocycles. The summed E-state index contributed by atoms with van der Waals surface area (Å²) in [7, 11) is 0. The highest BCUT2D eigenvalue weighted by Gasteiger charge is 2.15. The molecule has 26 heavy (non-hydrogen) atoms. The summed E-state index contributed by atoms with van der Waals surface area (Å²) in [6, 6.07) is 8.01. The van der Waals surface area contributed by atoms with Crippen molar-refractivity contribution >= 4 is 6.09 Å². The van der Waals surface area contributed by atoms with Gasteiger partial charge in [-0.05, 0) is 56.2 Å². The molecule has 0 saturated heterocycles. The molecule has 0 aliphatic heterocycles. The van der Waals surface area contributed by atoms with Gasteiger partial charge in [-0.3, -0.25) is 0 Å². The Morgan fingerprint density at radius 2 is 1.73 bits per heavy atom. The van der Waals surface area contributed by atoms with E-state index in [4.69, 9.17) is 9.47 Å². The van der Waals surface area contributed by atoms with Crippen LogP contribution < -0.4 is 10.1 Å². The fraction of sp³-hybridized carbons (Fsp3) is 0.316. The maximum Gasteiger partial charge on any atom is 0.407 e. The highest BCUT2D eigenvalue weighted by atomic mass is 19.2. The van der Waals surface area contributed by atoms with Crippen LogP contribution in [0.3, 0.4) is 0 Å². The standard InChI is InChI=1S/C19H21F2NO4/c1-19(2,3)26-18(24)22-8-9-25-17-7-5-13(11-16(17)23)12-4-6-14(20)15(21)10-12/h4-7,10-11,23H,8-9H2,1-3H3,(H,22,24). The molecule has 7 heteroatoms. The van der Waals surface area contributed by atoms with Crippen LogP contribution in [0.25, 0.3) is 11.1 Å². The second-order valence-corrected chi connectivity index (χ2v) is 6.59. The molecule has 140 valence electrons. The maximum absolute atomic E-state index is 13.3. The molecule has 0 aliphatic carbocycles. The van der Waals surface area contributed by atoms with E-state index in [0.29, 0.717) is 11.1 Å². The van der Waals surface area contributed by atoms with E-state index in [1.54, 1.807) is 26.8 Å². The van der Waals surface area contributed by atoms with Gasteiger partial charge in [0.05, 0.1) is 6.54 Å². The first kappa shape index (κ1) is 19.5. The fourth-order valence-electron chi connectivity index (χ4n) is 2.12. The molecule has 1 amide bonds. The van der Waals surface area contributed by atoms with E-state index < -0.39 is 23.3 Å². The van der Waals surface area contributed by atoms with E-state index in [1.807, 2.05) is 0 Å². The molecule has 0 spiro atoms. The van der Waals surface area contributed by atoms with Crippen molar-refractivity contribution in [2.75, 3.05) is 13.2 Å². The lowest BCUT2D eigenvalue weighted by molar-refractivity contribution is 0.0520. The van der Waals surface area contributed by atoms with Gasteiger partial charge in [-0.1, -0.05) is 12.1 Å². The summed E-state index contributed by atoms with van der Waals surface area (Å²) in [5, 5.41) is 12.6. The van der Waals surface area contributed by atoms with Gasteiger partial charge in [-0.2, -0.15) is 0 Å². The monoisotopic (exact) mass is 365 g/mol. The Morgan fingerprint density at radius 1 is 1.08 bits per heavy atom. The average Bonchev–Trinajstić information content (AvgIpc) is 2.53. The second kappa shape index (κ2) is 8.03. The molecular weight excluding hydrogens is 344 g/mol. The minimum atomic E-state index is -0.962. The second-order valence-electron chi connectivity index (χ2n) is 6.59. The summed E-state index contributed by atoms with van der Waals surface area (Å²) in [5.41, 5.74) is 0.358. The summed E-state index contributed by atoms with van der Waals surface area (Å²) in [6.45, 7) is 5.59. The normalized spacial score (nSPS) is 11.1. The molecule has 2 rings (SSSR count). The molecule has 0 bridgehead atoms. The lowest BCUT2D eigenvalue weighted by atomic mass is 10.0. The number of aromatic hydroxyl groups is 1. The van der Waals surface area contributed by atoms with Gasteiger partial charge in [0.2, 0.25) is 0 Å². The van der Waals surface area contributed by atoms with Gasteiger partial charge in [-0.15, -0.1) is 0 Å². The number of phenols is 1. The smallest absolute Gasteiger partial charge is 0.407 e. The molecular formula is C19H21F2NO4. The highest BCUT2D eigenvalue weighted by molar-refractivity contribution is 5.68. The van der Waals surface area contributed by atoms with E-state index in [9.17, 15) is 18.7 Å². The predicted molar refractivity (Wildman–Crippen MR) is 93.2 cm³/mol. The number of rotatable bonds is 5. The Kier molecular flexibility index (Phi) is 6.02. The van der Waals surface area contributed by atoms with Gasteiger partial charge >= 0.3 is 6.09 Å². The Bertz CT molecular complexity index is 788. The van der Waals surface area contributed by atoms with Crippen molar-refractivity contribution in [2.45, 2.75) is 26.4 Å². The molecule has 2 aromatic rings. The number of carbonyl (C=O) groups excluding carboxylic acids is 1. The van der Waals surface area contributed by atoms with E-state index in [1.165, 1.54) is 18.2 Å². The van der Waals surface area contributed by atoms with Gasteiger partial charge in [0.15, 0.2) is 23.1 Å². The minimum absolute atomic E-state index is 0.122. The molecule has 0 aromatic heterocycles. The summed E-state index contributed by atoms with van der Waals surface area (Å²) < 4.78 is 36.8. The van der Waals surface area contributed by atoms with Crippen molar-refractivity contribution in [3.63, 3.8) is 0 Å². The van der Waals surface area contributed by atoms with Crippen LogP contribution in [-0.2, 0) is 4.74 Å². The minimum Gasteiger partial charge on any atom is -0.504 e. The van der Waals surface area contributed by atoms with Crippen molar-refractivity contribution in [1.29, 1.82) is 0 Å². The zero-order valence-electron chi connectivity index (χ0n) is 14.8. The van der Waals surface area contributed by atoms with Crippen LogP contribution in [0.2, 0.25) is 0 Å². The van der Waals surface area contributed by atoms with Crippen LogP contribution >= 0.6 is 0 Å². The topological polar surface area (TPSA) is 67.8 Å². The SMILES string of the molecule is CC(C)(C)OC(=O)NCCOc1ccc(-c2ccc(F)c(F)c2)cc1O. The summed E-state index contributed by atoms with van der Waals surface area (Å²) in [5.74, 6) is -1.84. The van der Waals surface area contributed by atoms with Crippen molar-refractivity contribution in [3.8, 4) is 22.6 Å². The molecule has 5 nitrogen and oxygen atoms in total. The van der Waals surface area contributed by atoms with Crippen LogP contribution in [0.5, 0.6) is 11.5 Å². The molecule has 0 fully saturated rings. The van der Waals surface area contributed by atoms with Crippen LogP contribution in [0, 0.1) is 11.6 Å². The highest BCUT2D eigenvalue weighted by Crippen LogP contribution is 2.32. The van der Waals surface area contributed by atoms with E-state index in [-0.39, 0.29) is 24.7 Å². The van der Waals surface area contributed by atoms with Crippen LogP contribution in [0.15, 0.2) is 36.4 Å². The first-order valence-electron chi connectivity index (χ1n) is 8.04. The van der Waals surface area contributed by atoms with Crippen molar-refractivity contribution < 1.29 is 28.2 Å². The van der Waals surface area contributed by atoms with E-state index in [0.717, 1.165) is 12.1 Å². The van der Waals surface area contributed by atoms with Gasteiger partial charge < -0.3 is 19.9 Å². The lowest BCUT2D eigenvalue weighted by Crippen LogP contribution is -2.34. The van der Waals surface area contributed by atoms with Gasteiger partial charge in [0.25, 0.3) is 0 Å². The van der Waals surface area contributed by atoms with Crippen LogP contribution in [-0.4, -0.2) is 30.0 Å². The Balaban J connectivity index is 1.91. The van der Waals surface area contributed by atoms with Gasteiger partial charge in [0, 0.05) is 0 Å². The number of amides is 1. The summed E-state index contributed by atoms with van der Waals surface area (Å²) in [6.07, 6.45) is -0.556. The van der Waals surface area contributed by atoms with Crippen molar-refractivity contribution in [2.24, 2.45) is 0 Å². The molecule has 2 N–H and O–H groups in total.